The Morgan fingerprint density at radius 3 is 2.29 bits per heavy atom. The van der Waals surface area contributed by atoms with Gasteiger partial charge in [-0.1, -0.05) is 110 Å². The van der Waals surface area contributed by atoms with Gasteiger partial charge in [0.25, 0.3) is 0 Å². The van der Waals surface area contributed by atoms with Crippen LogP contribution in [0.25, 0.3) is 11.1 Å². The summed E-state index contributed by atoms with van der Waals surface area (Å²) in [6.45, 7) is 2.47. The zero-order valence-electron chi connectivity index (χ0n) is 28.5. The van der Waals surface area contributed by atoms with Gasteiger partial charge in [-0.25, -0.2) is 9.78 Å². The third-order valence-electron chi connectivity index (χ3n) is 8.94. The van der Waals surface area contributed by atoms with Gasteiger partial charge in [-0.15, -0.1) is 0 Å². The van der Waals surface area contributed by atoms with E-state index in [1.54, 1.807) is 23.9 Å². The van der Waals surface area contributed by atoms with Crippen molar-refractivity contribution in [3.8, 4) is 22.6 Å². The molecular weight excluding hydrogens is 675 g/mol. The Morgan fingerprint density at radius 1 is 0.846 bits per heavy atom. The van der Waals surface area contributed by atoms with Crippen LogP contribution in [0.3, 0.4) is 0 Å². The summed E-state index contributed by atoms with van der Waals surface area (Å²) in [4.78, 5) is 17.1. The van der Waals surface area contributed by atoms with Crippen molar-refractivity contribution < 1.29 is 24.1 Å². The molecule has 5 aromatic carbocycles. The topological polar surface area (TPSA) is 131 Å². The molecule has 11 heteroatoms. The van der Waals surface area contributed by atoms with E-state index in [1.807, 2.05) is 103 Å². The van der Waals surface area contributed by atoms with Crippen molar-refractivity contribution in [3.05, 3.63) is 156 Å². The average Bonchev–Trinajstić information content (AvgIpc) is 3.72. The van der Waals surface area contributed by atoms with E-state index in [4.69, 9.17) is 14.2 Å². The van der Waals surface area contributed by atoms with Crippen LogP contribution in [0.15, 0.2) is 139 Å². The number of rotatable bonds is 12. The van der Waals surface area contributed by atoms with Gasteiger partial charge in [0.15, 0.2) is 11.4 Å². The summed E-state index contributed by atoms with van der Waals surface area (Å²) in [5, 5.41) is 23.1. The Labute approximate surface area is 306 Å². The predicted molar refractivity (Wildman–Crippen MR) is 201 cm³/mol. The van der Waals surface area contributed by atoms with Crippen LogP contribution in [0.1, 0.15) is 41.6 Å². The van der Waals surface area contributed by atoms with E-state index in [2.05, 4.69) is 44.9 Å². The Hall–Kier alpha value is -5.46. The number of thioether (sulfide) groups is 1. The zero-order valence-corrected chi connectivity index (χ0v) is 29.3. The number of nitrogens with zero attached hydrogens (tertiary/aromatic N) is 2. The average molecular weight is 714 g/mol. The Morgan fingerprint density at radius 2 is 1.56 bits per heavy atom. The zero-order chi connectivity index (χ0) is 35.7. The molecule has 0 spiro atoms. The van der Waals surface area contributed by atoms with Crippen LogP contribution in [0, 0.1) is 5.92 Å². The minimum atomic E-state index is -0.590. The molecule has 10 nitrogen and oxygen atoms in total. The number of aliphatic hydroxyl groups excluding tert-OH is 1. The van der Waals surface area contributed by atoms with E-state index in [9.17, 15) is 9.90 Å². The molecule has 1 aliphatic heterocycles. The number of H-pyrrole nitrogens is 1. The summed E-state index contributed by atoms with van der Waals surface area (Å²) < 4.78 is 19.1. The fourth-order valence-electron chi connectivity index (χ4n) is 6.09. The predicted octanol–water partition coefficient (Wildman–Crippen LogP) is 8.66. The number of aromatic amines is 1. The normalized spacial score (nSPS) is 18.4. The summed E-state index contributed by atoms with van der Waals surface area (Å²) in [6.07, 6.45) is 0.561. The Kier molecular flexibility index (Phi) is 11.2. The number of hydrogen-bond donors (Lipinski definition) is 4. The fraction of sp³-hybridized carbons (Fsp3) is 0.195. The molecule has 1 aromatic heterocycles. The maximum atomic E-state index is 12.9. The first kappa shape index (κ1) is 35.0. The van der Waals surface area contributed by atoms with Gasteiger partial charge in [0.05, 0.1) is 18.8 Å². The summed E-state index contributed by atoms with van der Waals surface area (Å²) in [5.74, 6) is 2.15. The van der Waals surface area contributed by atoms with Crippen molar-refractivity contribution in [1.82, 2.24) is 20.5 Å². The number of nitrogens with one attached hydrogen (secondary N) is 3. The van der Waals surface area contributed by atoms with E-state index in [1.165, 1.54) is 6.33 Å². The summed E-state index contributed by atoms with van der Waals surface area (Å²) in [7, 11) is 0. The molecule has 0 radical (unpaired) electrons. The second kappa shape index (κ2) is 16.7. The number of carbonyl (C=O) groups excluding carboxylic acids is 1. The van der Waals surface area contributed by atoms with Gasteiger partial charge in [0.1, 0.15) is 17.8 Å². The number of para-hydroxylation sites is 1. The SMILES string of the molecule is C[C@@H]1[C@H](CSc2ncn[nH]2)O[C@H](c2ccc(-c3ccccc3CNC(=O)Nc3ccc(Oc4ccccc4)cc3)cc2)O[C@@H]1c1ccc(CO)cc1. The second-order valence-corrected chi connectivity index (χ2v) is 13.5. The van der Waals surface area contributed by atoms with Crippen molar-refractivity contribution in [2.45, 2.75) is 43.7 Å². The van der Waals surface area contributed by atoms with Gasteiger partial charge in [-0.3, -0.25) is 5.10 Å². The summed E-state index contributed by atoms with van der Waals surface area (Å²) in [6, 6.07) is 40.6. The van der Waals surface area contributed by atoms with Crippen LogP contribution in [0.5, 0.6) is 11.5 Å². The molecule has 52 heavy (non-hydrogen) atoms. The van der Waals surface area contributed by atoms with E-state index in [-0.39, 0.29) is 30.8 Å². The first-order valence-electron chi connectivity index (χ1n) is 17.1. The molecule has 1 aliphatic rings. The summed E-state index contributed by atoms with van der Waals surface area (Å²) in [5.41, 5.74) is 6.44. The molecule has 0 aliphatic carbocycles. The monoisotopic (exact) mass is 713 g/mol. The first-order valence-corrected chi connectivity index (χ1v) is 18.1. The lowest BCUT2D eigenvalue weighted by Crippen LogP contribution is -2.38. The molecule has 4 N–H and O–H groups in total. The van der Waals surface area contributed by atoms with Gasteiger partial charge in [0, 0.05) is 29.5 Å². The number of aliphatic hydroxyl groups is 1. The molecular formula is C41H39N5O5S. The molecule has 1 fully saturated rings. The lowest BCUT2D eigenvalue weighted by atomic mass is 9.91. The highest BCUT2D eigenvalue weighted by Gasteiger charge is 2.38. The van der Waals surface area contributed by atoms with Gasteiger partial charge >= 0.3 is 6.03 Å². The van der Waals surface area contributed by atoms with Gasteiger partial charge < -0.3 is 30.0 Å². The lowest BCUT2D eigenvalue weighted by molar-refractivity contribution is -0.268. The molecule has 4 atom stereocenters. The molecule has 0 unspecified atom stereocenters. The number of hydrogen-bond acceptors (Lipinski definition) is 8. The third-order valence-corrected chi connectivity index (χ3v) is 9.91. The van der Waals surface area contributed by atoms with Crippen molar-refractivity contribution in [1.29, 1.82) is 0 Å². The van der Waals surface area contributed by atoms with Crippen molar-refractivity contribution >= 4 is 23.5 Å². The lowest BCUT2D eigenvalue weighted by Gasteiger charge is -2.41. The van der Waals surface area contributed by atoms with Crippen LogP contribution in [-0.2, 0) is 22.6 Å². The molecule has 0 bridgehead atoms. The highest BCUT2D eigenvalue weighted by Crippen LogP contribution is 2.43. The van der Waals surface area contributed by atoms with Crippen molar-refractivity contribution in [3.63, 3.8) is 0 Å². The van der Waals surface area contributed by atoms with Crippen molar-refractivity contribution in [2.75, 3.05) is 11.1 Å². The number of benzene rings is 5. The number of amides is 2. The van der Waals surface area contributed by atoms with Crippen LogP contribution >= 0.6 is 11.8 Å². The molecule has 0 saturated carbocycles. The molecule has 2 amide bonds. The standard InChI is InChI=1S/C41H39N5O5S/c1-27-37(25-52-41-43-26-44-46-41)50-39(51-38(27)30-13-11-28(24-47)12-14-30)31-17-15-29(16-18-31)36-10-6-5-7-32(36)23-42-40(48)45-33-19-21-35(22-20-33)49-34-8-3-2-4-9-34/h2-22,26-27,37-39,47H,23-25H2,1H3,(H2,42,45,48)(H,43,44,46)/t27-,37+,38+,39+/m1/s1. The summed E-state index contributed by atoms with van der Waals surface area (Å²) >= 11 is 1.56. The smallest absolute Gasteiger partial charge is 0.319 e. The van der Waals surface area contributed by atoms with E-state index in [0.29, 0.717) is 23.7 Å². The molecule has 1 saturated heterocycles. The largest absolute Gasteiger partial charge is 0.457 e. The maximum absolute atomic E-state index is 12.9. The number of anilines is 1. The van der Waals surface area contributed by atoms with E-state index in [0.717, 1.165) is 44.3 Å². The second-order valence-electron chi connectivity index (χ2n) is 12.4. The minimum absolute atomic E-state index is 0.0111. The number of ether oxygens (including phenoxy) is 3. The number of carbonyl (C=O) groups is 1. The number of urea groups is 1. The van der Waals surface area contributed by atoms with E-state index < -0.39 is 6.29 Å². The van der Waals surface area contributed by atoms with Crippen LogP contribution in [0.4, 0.5) is 10.5 Å². The minimum Gasteiger partial charge on any atom is -0.457 e. The molecule has 2 heterocycles. The Bertz CT molecular complexity index is 2030. The number of aromatic nitrogens is 3. The molecule has 264 valence electrons. The first-order chi connectivity index (χ1) is 25.5. The maximum Gasteiger partial charge on any atom is 0.319 e. The van der Waals surface area contributed by atoms with Gasteiger partial charge in [-0.05, 0) is 64.2 Å². The fourth-order valence-corrected chi connectivity index (χ4v) is 7.04. The van der Waals surface area contributed by atoms with Crippen LogP contribution in [-0.4, -0.2) is 38.2 Å². The highest BCUT2D eigenvalue weighted by molar-refractivity contribution is 7.99. The Balaban J connectivity index is 1.01. The van der Waals surface area contributed by atoms with Crippen LogP contribution in [0.2, 0.25) is 0 Å². The quantitative estimate of drug-likeness (QED) is 0.0928. The van der Waals surface area contributed by atoms with Gasteiger partial charge in [0.2, 0.25) is 0 Å². The van der Waals surface area contributed by atoms with Gasteiger partial charge in [-0.2, -0.15) is 5.10 Å². The molecule has 6 aromatic rings. The van der Waals surface area contributed by atoms with E-state index >= 15 is 0 Å². The highest BCUT2D eigenvalue weighted by atomic mass is 32.2. The van der Waals surface area contributed by atoms with Crippen molar-refractivity contribution in [2.24, 2.45) is 5.92 Å². The third kappa shape index (κ3) is 8.70. The van der Waals surface area contributed by atoms with Crippen LogP contribution < -0.4 is 15.4 Å². The molecule has 7 rings (SSSR count).